The molecule has 1 aromatic carbocycles. The van der Waals surface area contributed by atoms with Crippen molar-refractivity contribution in [1.82, 2.24) is 10.6 Å². The van der Waals surface area contributed by atoms with E-state index >= 15 is 0 Å². The Hall–Kier alpha value is -3.11. The summed E-state index contributed by atoms with van der Waals surface area (Å²) in [6.45, 7) is -0.0752. The van der Waals surface area contributed by atoms with Crippen LogP contribution in [0.25, 0.3) is 0 Å². The highest BCUT2D eigenvalue weighted by molar-refractivity contribution is 7.93. The molecule has 31 heavy (non-hydrogen) atoms. The molecule has 0 spiro atoms. The number of para-hydroxylation sites is 1. The van der Waals surface area contributed by atoms with E-state index in [0.717, 1.165) is 16.9 Å². The molecule has 2 aromatic heterocycles. The summed E-state index contributed by atoms with van der Waals surface area (Å²) in [7, 11) is -2.24. The number of sulfone groups is 1. The molecule has 0 bridgehead atoms. The third-order valence-corrected chi connectivity index (χ3v) is 8.03. The van der Waals surface area contributed by atoms with Gasteiger partial charge < -0.3 is 19.8 Å². The van der Waals surface area contributed by atoms with E-state index in [1.54, 1.807) is 24.6 Å². The Morgan fingerprint density at radius 1 is 1.06 bits per heavy atom. The molecule has 3 rings (SSSR count). The minimum atomic E-state index is -3.80. The van der Waals surface area contributed by atoms with Crippen molar-refractivity contribution in [3.05, 3.63) is 71.5 Å². The van der Waals surface area contributed by atoms with Gasteiger partial charge in [0.1, 0.15) is 21.0 Å². The number of thiophene rings is 1. The van der Waals surface area contributed by atoms with Crippen LogP contribution in [0.5, 0.6) is 5.75 Å². The summed E-state index contributed by atoms with van der Waals surface area (Å²) < 4.78 is 36.6. The van der Waals surface area contributed by atoms with E-state index in [1.807, 2.05) is 24.3 Å². The average Bonchev–Trinajstić information content (AvgIpc) is 3.48. The van der Waals surface area contributed by atoms with Gasteiger partial charge in [-0.25, -0.2) is 8.42 Å². The summed E-state index contributed by atoms with van der Waals surface area (Å²) in [4.78, 5) is 24.4. The van der Waals surface area contributed by atoms with Gasteiger partial charge in [-0.05, 0) is 41.6 Å². The van der Waals surface area contributed by atoms with Crippen molar-refractivity contribution in [2.75, 3.05) is 20.2 Å². The minimum absolute atomic E-state index is 0.157. The average molecular weight is 463 g/mol. The fraction of sp³-hybridized carbons (Fsp3) is 0.238. The summed E-state index contributed by atoms with van der Waals surface area (Å²) in [6.07, 6.45) is 1.84. The number of nitrogens with one attached hydrogen (secondary N) is 2. The highest BCUT2D eigenvalue weighted by atomic mass is 32.2. The van der Waals surface area contributed by atoms with E-state index in [2.05, 4.69) is 10.6 Å². The number of ether oxygens (including phenoxy) is 1. The van der Waals surface area contributed by atoms with Crippen LogP contribution in [0.15, 0.2) is 68.8 Å². The highest BCUT2D eigenvalue weighted by Gasteiger charge is 2.33. The van der Waals surface area contributed by atoms with E-state index in [0.29, 0.717) is 12.2 Å². The Balaban J connectivity index is 1.59. The first-order valence-electron chi connectivity index (χ1n) is 9.42. The molecule has 3 aromatic rings. The molecule has 2 heterocycles. The Morgan fingerprint density at radius 3 is 2.52 bits per heavy atom. The van der Waals surface area contributed by atoms with Gasteiger partial charge in [0.15, 0.2) is 9.84 Å². The highest BCUT2D eigenvalue weighted by Crippen LogP contribution is 2.31. The van der Waals surface area contributed by atoms with Crippen molar-refractivity contribution in [3.63, 3.8) is 0 Å². The van der Waals surface area contributed by atoms with Crippen molar-refractivity contribution >= 4 is 33.0 Å². The standard InChI is InChI=1S/C21H22N2O6S2/c1-28-16-7-3-2-6-15(16)10-11-22-20(24)21(25)23-14-18(17-8-4-12-29-17)31(26,27)19-9-5-13-30-19/h2-9,12-13,18H,10-11,14H2,1H3,(H,22,24)(H,23,25)/t18-/m0/s1. The van der Waals surface area contributed by atoms with Gasteiger partial charge >= 0.3 is 11.8 Å². The van der Waals surface area contributed by atoms with Crippen molar-refractivity contribution in [2.24, 2.45) is 0 Å². The number of carbonyl (C=O) groups excluding carboxylic acids is 2. The van der Waals surface area contributed by atoms with Crippen LogP contribution in [-0.4, -0.2) is 40.4 Å². The number of amides is 2. The predicted octanol–water partition coefficient (Wildman–Crippen LogP) is 2.34. The molecule has 0 saturated heterocycles. The van der Waals surface area contributed by atoms with Gasteiger partial charge in [-0.15, -0.1) is 11.3 Å². The van der Waals surface area contributed by atoms with Crippen LogP contribution in [0.2, 0.25) is 0 Å². The zero-order chi connectivity index (χ0) is 22.3. The van der Waals surface area contributed by atoms with Gasteiger partial charge in [-0.1, -0.05) is 24.3 Å². The first-order valence-corrected chi connectivity index (χ1v) is 11.8. The lowest BCUT2D eigenvalue weighted by Crippen LogP contribution is -2.42. The fourth-order valence-corrected chi connectivity index (χ4v) is 5.76. The van der Waals surface area contributed by atoms with Crippen LogP contribution in [0.3, 0.4) is 0 Å². The molecule has 8 nitrogen and oxygen atoms in total. The van der Waals surface area contributed by atoms with Crippen LogP contribution in [0.4, 0.5) is 0 Å². The first kappa shape index (κ1) is 22.6. The largest absolute Gasteiger partial charge is 0.496 e. The molecular weight excluding hydrogens is 440 g/mol. The first-order chi connectivity index (χ1) is 14.9. The van der Waals surface area contributed by atoms with Crippen LogP contribution < -0.4 is 15.4 Å². The summed E-state index contributed by atoms with van der Waals surface area (Å²) in [5.74, 6) is -0.883. The third kappa shape index (κ3) is 5.53. The molecular formula is C21H22N2O6S2. The van der Waals surface area contributed by atoms with Gasteiger partial charge in [0.05, 0.1) is 13.4 Å². The summed E-state index contributed by atoms with van der Waals surface area (Å²) in [5, 5.41) is 5.44. The maximum atomic E-state index is 13.0. The van der Waals surface area contributed by atoms with E-state index in [4.69, 9.17) is 9.15 Å². The molecule has 164 valence electrons. The molecule has 0 saturated carbocycles. The SMILES string of the molecule is COc1ccccc1CCNC(=O)C(=O)NC[C@@H](c1ccco1)S(=O)(=O)c1cccs1. The Kier molecular flexibility index (Phi) is 7.48. The van der Waals surface area contributed by atoms with Crippen molar-refractivity contribution < 1.29 is 27.2 Å². The Bertz CT molecular complexity index is 1110. The van der Waals surface area contributed by atoms with Crippen LogP contribution in [0.1, 0.15) is 16.6 Å². The van der Waals surface area contributed by atoms with Gasteiger partial charge in [0.25, 0.3) is 0 Å². The van der Waals surface area contributed by atoms with Crippen molar-refractivity contribution in [2.45, 2.75) is 15.9 Å². The quantitative estimate of drug-likeness (QED) is 0.472. The normalized spacial score (nSPS) is 12.2. The molecule has 2 amide bonds. The maximum absolute atomic E-state index is 13.0. The van der Waals surface area contributed by atoms with Gasteiger partial charge in [-0.2, -0.15) is 0 Å². The molecule has 0 aliphatic heterocycles. The number of hydrogen-bond acceptors (Lipinski definition) is 7. The maximum Gasteiger partial charge on any atom is 0.309 e. The van der Waals surface area contributed by atoms with Crippen molar-refractivity contribution in [3.8, 4) is 5.75 Å². The van der Waals surface area contributed by atoms with Gasteiger partial charge in [-0.3, -0.25) is 9.59 Å². The van der Waals surface area contributed by atoms with Crippen LogP contribution in [-0.2, 0) is 25.8 Å². The van der Waals surface area contributed by atoms with E-state index in [1.165, 1.54) is 18.4 Å². The van der Waals surface area contributed by atoms with E-state index in [-0.39, 0.29) is 23.1 Å². The van der Waals surface area contributed by atoms with Crippen LogP contribution >= 0.6 is 11.3 Å². The number of hydrogen-bond donors (Lipinski definition) is 2. The van der Waals surface area contributed by atoms with Gasteiger partial charge in [0.2, 0.25) is 0 Å². The number of benzene rings is 1. The lowest BCUT2D eigenvalue weighted by atomic mass is 10.1. The molecule has 2 N–H and O–H groups in total. The Labute approximate surface area is 184 Å². The van der Waals surface area contributed by atoms with E-state index in [9.17, 15) is 18.0 Å². The third-order valence-electron chi connectivity index (χ3n) is 4.54. The van der Waals surface area contributed by atoms with E-state index < -0.39 is 26.9 Å². The second kappa shape index (κ2) is 10.3. The summed E-state index contributed by atoms with van der Waals surface area (Å²) in [5.41, 5.74) is 0.894. The lowest BCUT2D eigenvalue weighted by Gasteiger charge is -2.15. The lowest BCUT2D eigenvalue weighted by molar-refractivity contribution is -0.139. The second-order valence-electron chi connectivity index (χ2n) is 6.51. The zero-order valence-electron chi connectivity index (χ0n) is 16.7. The molecule has 1 atom stereocenters. The number of furan rings is 1. The molecule has 0 fully saturated rings. The number of carbonyl (C=O) groups is 2. The molecule has 0 radical (unpaired) electrons. The minimum Gasteiger partial charge on any atom is -0.496 e. The Morgan fingerprint density at radius 2 is 1.84 bits per heavy atom. The smallest absolute Gasteiger partial charge is 0.309 e. The zero-order valence-corrected chi connectivity index (χ0v) is 18.4. The molecule has 10 heteroatoms. The van der Waals surface area contributed by atoms with Crippen molar-refractivity contribution in [1.29, 1.82) is 0 Å². The number of methoxy groups -OCH3 is 1. The number of rotatable bonds is 9. The monoisotopic (exact) mass is 462 g/mol. The molecule has 0 aliphatic carbocycles. The topological polar surface area (TPSA) is 115 Å². The predicted molar refractivity (Wildman–Crippen MR) is 116 cm³/mol. The van der Waals surface area contributed by atoms with Crippen LogP contribution in [0, 0.1) is 0 Å². The molecule has 0 aliphatic rings. The molecule has 0 unspecified atom stereocenters. The van der Waals surface area contributed by atoms with Gasteiger partial charge in [0, 0.05) is 13.1 Å². The summed E-state index contributed by atoms with van der Waals surface area (Å²) >= 11 is 1.08. The summed E-state index contributed by atoms with van der Waals surface area (Å²) in [6, 6.07) is 13.6. The fourth-order valence-electron chi connectivity index (χ4n) is 2.97. The second-order valence-corrected chi connectivity index (χ2v) is 9.81.